The van der Waals surface area contributed by atoms with Gasteiger partial charge in [0.05, 0.1) is 19.6 Å². The molecule has 1 aromatic rings. The van der Waals surface area contributed by atoms with Crippen LogP contribution in [0.2, 0.25) is 0 Å². The molecule has 2 aliphatic rings. The highest BCUT2D eigenvalue weighted by atomic mass is 32.5. The van der Waals surface area contributed by atoms with Crippen LogP contribution in [0.25, 0.3) is 0 Å². The van der Waals surface area contributed by atoms with Gasteiger partial charge in [-0.15, -0.1) is 0 Å². The number of para-hydroxylation sites is 1. The maximum atomic E-state index is 12.6. The van der Waals surface area contributed by atoms with Crippen molar-refractivity contribution in [3.63, 3.8) is 0 Å². The summed E-state index contributed by atoms with van der Waals surface area (Å²) in [5, 5.41) is 24.8. The summed E-state index contributed by atoms with van der Waals surface area (Å²) in [7, 11) is 0. The van der Waals surface area contributed by atoms with Crippen molar-refractivity contribution in [1.82, 2.24) is 9.99 Å². The number of rotatable bonds is 10. The number of hydrogen-bond acceptors (Lipinski definition) is 9. The number of ether oxygens (including phenoxy) is 2. The highest BCUT2D eigenvalue weighted by molar-refractivity contribution is 8.09. The van der Waals surface area contributed by atoms with Crippen LogP contribution in [0.5, 0.6) is 5.75 Å². The first-order chi connectivity index (χ1) is 17.6. The minimum Gasteiger partial charge on any atom is -0.464 e. The maximum Gasteiger partial charge on any atom is 0.323 e. The Hall–Kier alpha value is -2.11. The van der Waals surface area contributed by atoms with Crippen molar-refractivity contribution in [1.29, 1.82) is 0 Å². The number of aliphatic hydroxyl groups is 2. The van der Waals surface area contributed by atoms with Gasteiger partial charge >= 0.3 is 12.6 Å². The molecule has 0 saturated carbocycles. The van der Waals surface area contributed by atoms with Gasteiger partial charge in [-0.1, -0.05) is 45.5 Å². The van der Waals surface area contributed by atoms with Crippen LogP contribution in [0.1, 0.15) is 41.0 Å². The Kier molecular flexibility index (Phi) is 9.58. The van der Waals surface area contributed by atoms with Crippen LogP contribution in [-0.4, -0.2) is 70.3 Å². The Morgan fingerprint density at radius 2 is 2.03 bits per heavy atom. The molecule has 12 heteroatoms. The van der Waals surface area contributed by atoms with Gasteiger partial charge < -0.3 is 28.7 Å². The van der Waals surface area contributed by atoms with E-state index in [0.717, 1.165) is 0 Å². The van der Waals surface area contributed by atoms with Gasteiger partial charge in [-0.25, -0.2) is 5.09 Å². The lowest BCUT2D eigenvalue weighted by Crippen LogP contribution is -2.53. The molecule has 38 heavy (non-hydrogen) atoms. The zero-order valence-corrected chi connectivity index (χ0v) is 24.0. The second-order valence-corrected chi connectivity index (χ2v) is 14.0. The number of esters is 1. The van der Waals surface area contributed by atoms with Crippen LogP contribution < -0.4 is 9.61 Å². The smallest absolute Gasteiger partial charge is 0.323 e. The number of carbonyl (C=O) groups excluding carboxylic acids is 2. The second-order valence-electron chi connectivity index (χ2n) is 10.9. The van der Waals surface area contributed by atoms with E-state index in [1.54, 1.807) is 37.3 Å². The Morgan fingerprint density at radius 3 is 2.63 bits per heavy atom. The summed E-state index contributed by atoms with van der Waals surface area (Å²) in [4.78, 5) is 26.4. The van der Waals surface area contributed by atoms with E-state index in [1.165, 1.54) is 18.0 Å². The van der Waals surface area contributed by atoms with Crippen LogP contribution >= 0.6 is 6.64 Å². The third kappa shape index (κ3) is 7.72. The Bertz CT molecular complexity index is 1100. The van der Waals surface area contributed by atoms with Crippen molar-refractivity contribution in [3.05, 3.63) is 54.8 Å². The molecule has 0 bridgehead atoms. The van der Waals surface area contributed by atoms with Gasteiger partial charge in [0, 0.05) is 6.20 Å². The Morgan fingerprint density at radius 1 is 1.37 bits per heavy atom. The minimum atomic E-state index is -3.41. The van der Waals surface area contributed by atoms with Gasteiger partial charge in [-0.2, -0.15) is 0 Å². The van der Waals surface area contributed by atoms with Crippen LogP contribution in [-0.2, 0) is 35.4 Å². The molecule has 6 atom stereocenters. The number of hydrogen-bond donors (Lipinski definition) is 3. The standard InChI is InChI=1S/C26H37N2O8PS/c1-17-12-13-28(21(29)14-17)24-26(6,32)22(30)20(35-24)15-34-37(38,36-19-10-8-7-9-11-19)27-18(2)23(31)33-16-25(3,4)5/h7-13,18,20,22,24,30,32H,1,14-16H2,2-6H3,(H,27,38)/t18?,20-,22-,24-,26-,37?/m1/s1. The van der Waals surface area contributed by atoms with Gasteiger partial charge in [-0.05, 0) is 54.9 Å². The third-order valence-corrected chi connectivity index (χ3v) is 8.37. The first-order valence-electron chi connectivity index (χ1n) is 12.3. The molecule has 0 spiro atoms. The normalized spacial score (nSPS) is 28.2. The molecule has 0 aromatic heterocycles. The number of allylic oxidation sites excluding steroid dienone is 1. The van der Waals surface area contributed by atoms with Crippen LogP contribution in [0.4, 0.5) is 0 Å². The highest BCUT2D eigenvalue weighted by Crippen LogP contribution is 2.46. The molecule has 1 amide bonds. The van der Waals surface area contributed by atoms with Gasteiger partial charge in [0.2, 0.25) is 5.91 Å². The third-order valence-electron chi connectivity index (χ3n) is 5.87. The molecule has 10 nitrogen and oxygen atoms in total. The number of amides is 1. The number of nitrogens with zero attached hydrogens (tertiary/aromatic N) is 1. The van der Waals surface area contributed by atoms with Crippen molar-refractivity contribution in [2.24, 2.45) is 5.41 Å². The fourth-order valence-corrected chi connectivity index (χ4v) is 6.20. The van der Waals surface area contributed by atoms with E-state index in [4.69, 9.17) is 30.3 Å². The van der Waals surface area contributed by atoms with Crippen LogP contribution in [0.15, 0.2) is 54.8 Å². The molecule has 1 fully saturated rings. The van der Waals surface area contributed by atoms with E-state index in [2.05, 4.69) is 11.7 Å². The molecule has 2 heterocycles. The molecule has 3 N–H and O–H groups in total. The summed E-state index contributed by atoms with van der Waals surface area (Å²) < 4.78 is 23.3. The van der Waals surface area contributed by atoms with E-state index in [-0.39, 0.29) is 31.0 Å². The largest absolute Gasteiger partial charge is 0.464 e. The molecule has 1 aromatic carbocycles. The zero-order chi connectivity index (χ0) is 28.3. The number of nitrogens with one attached hydrogen (secondary N) is 1. The van der Waals surface area contributed by atoms with Crippen molar-refractivity contribution in [3.8, 4) is 5.75 Å². The predicted octanol–water partition coefficient (Wildman–Crippen LogP) is 3.01. The molecular formula is C26H37N2O8PS. The summed E-state index contributed by atoms with van der Waals surface area (Å²) in [5.74, 6) is -0.425. The summed E-state index contributed by atoms with van der Waals surface area (Å²) in [6.07, 6.45) is -0.424. The number of carbonyl (C=O) groups is 2. The van der Waals surface area contributed by atoms with Gasteiger partial charge in [0.1, 0.15) is 29.6 Å². The van der Waals surface area contributed by atoms with Gasteiger partial charge in [0.25, 0.3) is 0 Å². The Balaban J connectivity index is 1.74. The van der Waals surface area contributed by atoms with Crippen molar-refractivity contribution in [2.45, 2.75) is 71.1 Å². The molecule has 2 unspecified atom stereocenters. The highest BCUT2D eigenvalue weighted by Gasteiger charge is 2.55. The number of benzene rings is 1. The first-order valence-corrected chi connectivity index (χ1v) is 14.9. The van der Waals surface area contributed by atoms with Gasteiger partial charge in [-0.3, -0.25) is 14.5 Å². The molecule has 0 aliphatic carbocycles. The average Bonchev–Trinajstić information content (AvgIpc) is 3.04. The van der Waals surface area contributed by atoms with Crippen LogP contribution in [0, 0.1) is 5.41 Å². The molecule has 0 radical (unpaired) electrons. The molecule has 2 aliphatic heterocycles. The summed E-state index contributed by atoms with van der Waals surface area (Å²) in [6.45, 7) is 9.12. The average molecular weight is 569 g/mol. The molecular weight excluding hydrogens is 531 g/mol. The first kappa shape index (κ1) is 30.4. The summed E-state index contributed by atoms with van der Waals surface area (Å²) >= 11 is 5.72. The van der Waals surface area contributed by atoms with E-state index in [0.29, 0.717) is 11.3 Å². The topological polar surface area (TPSA) is 127 Å². The minimum absolute atomic E-state index is 0.0720. The van der Waals surface area contributed by atoms with Crippen molar-refractivity contribution in [2.75, 3.05) is 13.2 Å². The zero-order valence-electron chi connectivity index (χ0n) is 22.3. The quantitative estimate of drug-likeness (QED) is 0.286. The second kappa shape index (κ2) is 12.0. The predicted molar refractivity (Wildman–Crippen MR) is 145 cm³/mol. The summed E-state index contributed by atoms with van der Waals surface area (Å²) in [5.41, 5.74) is -1.38. The molecule has 210 valence electrons. The lowest BCUT2D eigenvalue weighted by atomic mass is 9.95. The van der Waals surface area contributed by atoms with E-state index >= 15 is 0 Å². The van der Waals surface area contributed by atoms with E-state index in [9.17, 15) is 19.8 Å². The van der Waals surface area contributed by atoms with Crippen LogP contribution in [0.3, 0.4) is 0 Å². The van der Waals surface area contributed by atoms with Gasteiger partial charge in [0.15, 0.2) is 6.23 Å². The SMILES string of the molecule is C=C1C=CN([C@@H]2O[C@H](COP(=S)(NC(C)C(=O)OCC(C)(C)C)Oc3ccccc3)[C@@H](O)[C@@]2(C)O)C(=O)C1. The molecule has 1 saturated heterocycles. The maximum absolute atomic E-state index is 12.6. The lowest BCUT2D eigenvalue weighted by molar-refractivity contribution is -0.156. The molecule has 3 rings (SSSR count). The fraction of sp³-hybridized carbons (Fsp3) is 0.538. The number of aliphatic hydroxyl groups excluding tert-OH is 1. The van der Waals surface area contributed by atoms with Crippen molar-refractivity contribution < 1.29 is 38.3 Å². The summed E-state index contributed by atoms with van der Waals surface area (Å²) in [6, 6.07) is 7.87. The Labute approximate surface area is 228 Å². The fourth-order valence-electron chi connectivity index (χ4n) is 3.78. The van der Waals surface area contributed by atoms with E-state index in [1.807, 2.05) is 26.8 Å². The van der Waals surface area contributed by atoms with Crippen molar-refractivity contribution >= 4 is 30.3 Å². The monoisotopic (exact) mass is 568 g/mol. The van der Waals surface area contributed by atoms with E-state index < -0.39 is 42.7 Å². The lowest BCUT2D eigenvalue weighted by Gasteiger charge is -2.35.